The Morgan fingerprint density at radius 2 is 1.91 bits per heavy atom. The molecule has 0 aromatic heterocycles. The summed E-state index contributed by atoms with van der Waals surface area (Å²) in [6.45, 7) is -0.0000518. The van der Waals surface area contributed by atoms with Gasteiger partial charge in [-0.3, -0.25) is 9.59 Å². The Morgan fingerprint density at radius 1 is 1.23 bits per heavy atom. The van der Waals surface area contributed by atoms with E-state index in [0.29, 0.717) is 4.31 Å². The van der Waals surface area contributed by atoms with Gasteiger partial charge >= 0.3 is 16.2 Å². The number of carbonyl (C=O) groups excluding carboxylic acids is 2. The largest absolute Gasteiger partial charge is 0.463 e. The molecule has 0 fully saturated rings. The second kappa shape index (κ2) is 8.68. The standard InChI is InChI=1S/C11H18N2O8S/c1-10(15)21-7-6-20-9-13-11(16)2-3-12(22(13,17)18)8-19-5-4-14/h2-3,14H,4-9H2,1H3. The van der Waals surface area contributed by atoms with Crippen molar-refractivity contribution in [2.45, 2.75) is 6.92 Å². The maximum atomic E-state index is 12.2. The third kappa shape index (κ3) is 5.26. The van der Waals surface area contributed by atoms with E-state index in [4.69, 9.17) is 14.6 Å². The maximum Gasteiger partial charge on any atom is 0.332 e. The molecule has 11 heteroatoms. The molecule has 0 spiro atoms. The van der Waals surface area contributed by atoms with Crippen molar-refractivity contribution < 1.29 is 37.3 Å². The van der Waals surface area contributed by atoms with E-state index in [2.05, 4.69) is 4.74 Å². The van der Waals surface area contributed by atoms with Gasteiger partial charge in [-0.25, -0.2) is 4.31 Å². The molecule has 1 N–H and O–H groups in total. The lowest BCUT2D eigenvalue weighted by molar-refractivity contribution is -0.143. The van der Waals surface area contributed by atoms with Crippen LogP contribution in [0.3, 0.4) is 0 Å². The molecule has 0 aromatic rings. The average Bonchev–Trinajstić information content (AvgIpc) is 2.44. The molecule has 126 valence electrons. The van der Waals surface area contributed by atoms with Crippen LogP contribution in [-0.4, -0.2) is 73.9 Å². The molecule has 0 saturated carbocycles. The zero-order valence-corrected chi connectivity index (χ0v) is 12.8. The monoisotopic (exact) mass is 338 g/mol. The molecule has 0 saturated heterocycles. The van der Waals surface area contributed by atoms with Crippen LogP contribution < -0.4 is 0 Å². The van der Waals surface area contributed by atoms with Crippen LogP contribution in [0.5, 0.6) is 0 Å². The fourth-order valence-corrected chi connectivity index (χ4v) is 2.57. The van der Waals surface area contributed by atoms with E-state index < -0.39 is 28.8 Å². The molecule has 22 heavy (non-hydrogen) atoms. The summed E-state index contributed by atoms with van der Waals surface area (Å²) in [5.74, 6) is -1.24. The Hall–Kier alpha value is -1.69. The van der Waals surface area contributed by atoms with Gasteiger partial charge in [0.1, 0.15) is 20.1 Å². The van der Waals surface area contributed by atoms with Gasteiger partial charge in [0, 0.05) is 19.2 Å². The van der Waals surface area contributed by atoms with E-state index in [9.17, 15) is 18.0 Å². The van der Waals surface area contributed by atoms with E-state index in [1.165, 1.54) is 6.92 Å². The van der Waals surface area contributed by atoms with Gasteiger partial charge in [0.15, 0.2) is 0 Å². The van der Waals surface area contributed by atoms with Crippen molar-refractivity contribution in [3.8, 4) is 0 Å². The molecular weight excluding hydrogens is 320 g/mol. The Morgan fingerprint density at radius 3 is 2.55 bits per heavy atom. The first kappa shape index (κ1) is 18.4. The van der Waals surface area contributed by atoms with Crippen LogP contribution in [-0.2, 0) is 34.0 Å². The number of hydrogen-bond acceptors (Lipinski definition) is 8. The minimum Gasteiger partial charge on any atom is -0.463 e. The third-order valence-corrected chi connectivity index (χ3v) is 4.06. The summed E-state index contributed by atoms with van der Waals surface area (Å²) < 4.78 is 40.2. The van der Waals surface area contributed by atoms with E-state index in [1.54, 1.807) is 0 Å². The second-order valence-electron chi connectivity index (χ2n) is 4.04. The van der Waals surface area contributed by atoms with Crippen LogP contribution in [0.1, 0.15) is 6.92 Å². The third-order valence-electron chi connectivity index (χ3n) is 2.40. The van der Waals surface area contributed by atoms with Crippen LogP contribution in [0, 0.1) is 0 Å². The minimum absolute atomic E-state index is 0.0350. The molecular formula is C11H18N2O8S. The van der Waals surface area contributed by atoms with E-state index in [1.807, 2.05) is 0 Å². The molecule has 0 aliphatic carbocycles. The van der Waals surface area contributed by atoms with Gasteiger partial charge in [-0.15, -0.1) is 0 Å². The number of amides is 1. The number of hydrogen-bond donors (Lipinski definition) is 1. The first-order valence-corrected chi connectivity index (χ1v) is 7.70. The topological polar surface area (TPSA) is 123 Å². The van der Waals surface area contributed by atoms with Gasteiger partial charge in [-0.05, 0) is 0 Å². The van der Waals surface area contributed by atoms with E-state index in [0.717, 1.165) is 16.6 Å². The minimum atomic E-state index is -4.11. The van der Waals surface area contributed by atoms with Crippen molar-refractivity contribution >= 4 is 22.1 Å². The number of rotatable bonds is 9. The molecule has 0 aromatic carbocycles. The number of aliphatic hydroxyl groups excluding tert-OH is 1. The van der Waals surface area contributed by atoms with Crippen molar-refractivity contribution in [3.05, 3.63) is 12.3 Å². The number of nitrogens with zero attached hydrogens (tertiary/aromatic N) is 2. The van der Waals surface area contributed by atoms with Crippen LogP contribution in [0.4, 0.5) is 0 Å². The number of ether oxygens (including phenoxy) is 3. The summed E-state index contributed by atoms with van der Waals surface area (Å²) in [6.07, 6.45) is 2.13. The Labute approximate surface area is 128 Å². The summed E-state index contributed by atoms with van der Waals surface area (Å²) in [5, 5.41) is 8.59. The van der Waals surface area contributed by atoms with Crippen molar-refractivity contribution in [1.82, 2.24) is 8.61 Å². The summed E-state index contributed by atoms with van der Waals surface area (Å²) in [4.78, 5) is 22.2. The maximum absolute atomic E-state index is 12.2. The van der Waals surface area contributed by atoms with Gasteiger partial charge in [0.2, 0.25) is 0 Å². The number of carbonyl (C=O) groups is 2. The average molecular weight is 338 g/mol. The second-order valence-corrected chi connectivity index (χ2v) is 5.84. The molecule has 1 aliphatic rings. The van der Waals surface area contributed by atoms with Crippen LogP contribution in [0.15, 0.2) is 12.3 Å². The highest BCUT2D eigenvalue weighted by Crippen LogP contribution is 2.15. The Bertz CT molecular complexity index is 518. The summed E-state index contributed by atoms with van der Waals surface area (Å²) >= 11 is 0. The van der Waals surface area contributed by atoms with Gasteiger partial charge in [0.05, 0.1) is 19.8 Å². The van der Waals surface area contributed by atoms with Crippen molar-refractivity contribution in [2.75, 3.05) is 39.9 Å². The molecule has 0 radical (unpaired) electrons. The zero-order chi connectivity index (χ0) is 16.6. The highest BCUT2D eigenvalue weighted by atomic mass is 32.2. The normalized spacial score (nSPS) is 16.9. The highest BCUT2D eigenvalue weighted by Gasteiger charge is 2.34. The van der Waals surface area contributed by atoms with Gasteiger partial charge in [-0.1, -0.05) is 0 Å². The first-order chi connectivity index (χ1) is 10.4. The van der Waals surface area contributed by atoms with Crippen LogP contribution in [0.25, 0.3) is 0 Å². The van der Waals surface area contributed by atoms with Gasteiger partial charge in [-0.2, -0.15) is 12.7 Å². The Balaban J connectivity index is 2.55. The smallest absolute Gasteiger partial charge is 0.332 e. The van der Waals surface area contributed by atoms with Crippen molar-refractivity contribution in [1.29, 1.82) is 0 Å². The molecule has 1 amide bonds. The molecule has 1 rings (SSSR count). The fourth-order valence-electron chi connectivity index (χ4n) is 1.40. The highest BCUT2D eigenvalue weighted by molar-refractivity contribution is 7.87. The molecule has 1 aliphatic heterocycles. The van der Waals surface area contributed by atoms with E-state index >= 15 is 0 Å². The fraction of sp³-hybridized carbons (Fsp3) is 0.636. The molecule has 0 atom stereocenters. The van der Waals surface area contributed by atoms with Crippen LogP contribution >= 0.6 is 0 Å². The number of aliphatic hydroxyl groups is 1. The van der Waals surface area contributed by atoms with E-state index in [-0.39, 0.29) is 33.2 Å². The summed E-state index contributed by atoms with van der Waals surface area (Å²) in [7, 11) is -4.11. The summed E-state index contributed by atoms with van der Waals surface area (Å²) in [6, 6.07) is 0. The van der Waals surface area contributed by atoms with Gasteiger partial charge in [0.25, 0.3) is 5.91 Å². The Kier molecular flexibility index (Phi) is 7.24. The number of esters is 1. The molecule has 0 unspecified atom stereocenters. The molecule has 1 heterocycles. The lowest BCUT2D eigenvalue weighted by Crippen LogP contribution is -2.48. The summed E-state index contributed by atoms with van der Waals surface area (Å²) in [5.41, 5.74) is 0. The lowest BCUT2D eigenvalue weighted by atomic mass is 10.5. The van der Waals surface area contributed by atoms with Crippen molar-refractivity contribution in [2.24, 2.45) is 0 Å². The molecule has 10 nitrogen and oxygen atoms in total. The predicted molar refractivity (Wildman–Crippen MR) is 72.1 cm³/mol. The van der Waals surface area contributed by atoms with Gasteiger partial charge < -0.3 is 19.3 Å². The zero-order valence-electron chi connectivity index (χ0n) is 12.0. The first-order valence-electron chi connectivity index (χ1n) is 6.31. The SMILES string of the molecule is CC(=O)OCCOCN1C(=O)C=CN(COCCO)S1(=O)=O. The lowest BCUT2D eigenvalue weighted by Gasteiger charge is -2.30. The predicted octanol–water partition coefficient (Wildman–Crippen LogP) is -1.61. The van der Waals surface area contributed by atoms with Crippen molar-refractivity contribution in [3.63, 3.8) is 0 Å². The molecule has 0 bridgehead atoms. The van der Waals surface area contributed by atoms with Crippen LogP contribution in [0.2, 0.25) is 0 Å². The quantitative estimate of drug-likeness (QED) is 0.394.